The zero-order chi connectivity index (χ0) is 24.5. The first-order valence-corrected chi connectivity index (χ1v) is 13.3. The number of hydrogen-bond donors (Lipinski definition) is 0. The van der Waals surface area contributed by atoms with Gasteiger partial charge >= 0.3 is 0 Å². The van der Waals surface area contributed by atoms with E-state index in [1.54, 1.807) is 24.3 Å². The van der Waals surface area contributed by atoms with Crippen LogP contribution in [-0.2, 0) is 19.8 Å². The molecule has 0 bridgehead atoms. The molecule has 0 radical (unpaired) electrons. The minimum absolute atomic E-state index is 0.143. The number of hydrogen-bond acceptors (Lipinski definition) is 4. The van der Waals surface area contributed by atoms with Crippen molar-refractivity contribution in [1.82, 2.24) is 4.90 Å². The highest BCUT2D eigenvalue weighted by atomic mass is 32.2. The molecule has 4 nitrogen and oxygen atoms in total. The van der Waals surface area contributed by atoms with Gasteiger partial charge in [-0.25, -0.2) is 0 Å². The summed E-state index contributed by atoms with van der Waals surface area (Å²) in [7, 11) is -3.86. The van der Waals surface area contributed by atoms with Crippen LogP contribution >= 0.6 is 0 Å². The Morgan fingerprint density at radius 3 is 1.54 bits per heavy atom. The Morgan fingerprint density at radius 2 is 1.14 bits per heavy atom. The summed E-state index contributed by atoms with van der Waals surface area (Å²) in [6.45, 7) is 4.45. The van der Waals surface area contributed by atoms with Gasteiger partial charge in [0.2, 0.25) is 0 Å². The number of benzene rings is 4. The largest absolute Gasteiger partial charge is 0.297 e. The molecule has 0 aliphatic carbocycles. The van der Waals surface area contributed by atoms with E-state index in [0.29, 0.717) is 6.54 Å². The van der Waals surface area contributed by atoms with Crippen molar-refractivity contribution in [2.45, 2.75) is 36.4 Å². The molecule has 1 aliphatic heterocycles. The normalized spacial score (nSPS) is 18.7. The summed E-state index contributed by atoms with van der Waals surface area (Å²) in [6, 6.07) is 37.9. The fourth-order valence-corrected chi connectivity index (χ4v) is 6.21. The van der Waals surface area contributed by atoms with Crippen LogP contribution in [0.25, 0.3) is 0 Å². The molecule has 0 N–H and O–H groups in total. The summed E-state index contributed by atoms with van der Waals surface area (Å²) in [5, 5.41) is 0. The van der Waals surface area contributed by atoms with Crippen molar-refractivity contribution in [3.63, 3.8) is 0 Å². The molecule has 4 aromatic carbocycles. The molecule has 0 spiro atoms. The van der Waals surface area contributed by atoms with Gasteiger partial charge < -0.3 is 0 Å². The highest BCUT2D eigenvalue weighted by molar-refractivity contribution is 7.86. The SMILES string of the molecule is Cc1ccc(S(=O)(=O)OC2CN(C(c3ccccc3)(c3ccccc3)c3ccccc3)C2C)cc1. The summed E-state index contributed by atoms with van der Waals surface area (Å²) < 4.78 is 31.8. The van der Waals surface area contributed by atoms with Gasteiger partial charge in [0.25, 0.3) is 10.1 Å². The highest BCUT2D eigenvalue weighted by Gasteiger charge is 2.53. The maximum absolute atomic E-state index is 13.0. The van der Waals surface area contributed by atoms with Crippen LogP contribution in [0.3, 0.4) is 0 Å². The van der Waals surface area contributed by atoms with E-state index in [4.69, 9.17) is 4.18 Å². The molecule has 1 fully saturated rings. The van der Waals surface area contributed by atoms with Gasteiger partial charge in [-0.15, -0.1) is 0 Å². The van der Waals surface area contributed by atoms with Crippen molar-refractivity contribution in [1.29, 1.82) is 0 Å². The Morgan fingerprint density at radius 1 is 0.714 bits per heavy atom. The third-order valence-electron chi connectivity index (χ3n) is 6.97. The van der Waals surface area contributed by atoms with Crippen LogP contribution < -0.4 is 0 Å². The second-order valence-electron chi connectivity index (χ2n) is 9.10. The first kappa shape index (κ1) is 23.5. The minimum atomic E-state index is -3.86. The Hall–Kier alpha value is -3.25. The Bertz CT molecular complexity index is 1280. The van der Waals surface area contributed by atoms with Gasteiger partial charge in [-0.2, -0.15) is 8.42 Å². The summed E-state index contributed by atoms with van der Waals surface area (Å²) in [6.07, 6.45) is -0.447. The average Bonchev–Trinajstić information content (AvgIpc) is 2.90. The van der Waals surface area contributed by atoms with Crippen LogP contribution in [0.5, 0.6) is 0 Å². The van der Waals surface area contributed by atoms with Gasteiger partial charge in [-0.1, -0.05) is 109 Å². The lowest BCUT2D eigenvalue weighted by molar-refractivity contribution is -0.0772. The van der Waals surface area contributed by atoms with E-state index < -0.39 is 21.8 Å². The Balaban J connectivity index is 1.56. The van der Waals surface area contributed by atoms with Crippen molar-refractivity contribution >= 4 is 10.1 Å². The Kier molecular flexibility index (Phi) is 6.32. The standard InChI is InChI=1S/C30H29NO3S/c1-23-18-20-28(21-19-23)35(32,33)34-29-22-31(24(29)2)30(25-12-6-3-7-13-25,26-14-8-4-9-15-26)27-16-10-5-11-17-27/h3-21,24,29H,22H2,1-2H3. The van der Waals surface area contributed by atoms with Crippen molar-refractivity contribution in [3.05, 3.63) is 138 Å². The fraction of sp³-hybridized carbons (Fsp3) is 0.200. The van der Waals surface area contributed by atoms with Crippen molar-refractivity contribution in [2.75, 3.05) is 6.54 Å². The van der Waals surface area contributed by atoms with Gasteiger partial charge in [-0.05, 0) is 42.7 Å². The van der Waals surface area contributed by atoms with E-state index in [2.05, 4.69) is 77.7 Å². The van der Waals surface area contributed by atoms with Crippen LogP contribution in [0, 0.1) is 6.92 Å². The van der Waals surface area contributed by atoms with Crippen LogP contribution in [0.4, 0.5) is 0 Å². The average molecular weight is 484 g/mol. The van der Waals surface area contributed by atoms with Crippen LogP contribution in [0.15, 0.2) is 120 Å². The summed E-state index contributed by atoms with van der Waals surface area (Å²) in [5.74, 6) is 0. The highest BCUT2D eigenvalue weighted by Crippen LogP contribution is 2.47. The molecule has 5 heteroatoms. The lowest BCUT2D eigenvalue weighted by atomic mass is 9.72. The first-order valence-electron chi connectivity index (χ1n) is 11.9. The summed E-state index contributed by atoms with van der Waals surface area (Å²) in [4.78, 5) is 2.54. The molecular weight excluding hydrogens is 454 g/mol. The van der Waals surface area contributed by atoms with Gasteiger partial charge in [-0.3, -0.25) is 9.08 Å². The maximum Gasteiger partial charge on any atom is 0.297 e. The van der Waals surface area contributed by atoms with Gasteiger partial charge in [0, 0.05) is 12.6 Å². The second-order valence-corrected chi connectivity index (χ2v) is 10.7. The number of nitrogens with zero attached hydrogens (tertiary/aromatic N) is 1. The summed E-state index contributed by atoms with van der Waals surface area (Å²) >= 11 is 0. The first-order chi connectivity index (χ1) is 16.9. The Labute approximate surface area is 207 Å². The lowest BCUT2D eigenvalue weighted by Crippen LogP contribution is -2.67. The van der Waals surface area contributed by atoms with Crippen molar-refractivity contribution < 1.29 is 12.6 Å². The third-order valence-corrected chi connectivity index (χ3v) is 8.32. The summed E-state index contributed by atoms with van der Waals surface area (Å²) in [5.41, 5.74) is 3.80. The molecular formula is C30H29NO3S. The van der Waals surface area contributed by atoms with E-state index >= 15 is 0 Å². The molecule has 1 saturated heterocycles. The zero-order valence-electron chi connectivity index (χ0n) is 19.9. The molecule has 0 saturated carbocycles. The fourth-order valence-electron chi connectivity index (χ4n) is 5.09. The number of aryl methyl sites for hydroxylation is 1. The van der Waals surface area contributed by atoms with E-state index in [9.17, 15) is 8.42 Å². The predicted molar refractivity (Wildman–Crippen MR) is 139 cm³/mol. The zero-order valence-corrected chi connectivity index (χ0v) is 20.7. The molecule has 2 unspecified atom stereocenters. The van der Waals surface area contributed by atoms with Crippen molar-refractivity contribution in [3.8, 4) is 0 Å². The molecule has 0 aromatic heterocycles. The number of rotatable bonds is 7. The smallest absolute Gasteiger partial charge is 0.278 e. The van der Waals surface area contributed by atoms with Gasteiger partial charge in [0.05, 0.1) is 10.4 Å². The van der Waals surface area contributed by atoms with Crippen LogP contribution in [0.2, 0.25) is 0 Å². The van der Waals surface area contributed by atoms with Crippen molar-refractivity contribution in [2.24, 2.45) is 0 Å². The monoisotopic (exact) mass is 483 g/mol. The topological polar surface area (TPSA) is 46.6 Å². The maximum atomic E-state index is 13.0. The molecule has 4 aromatic rings. The molecule has 1 aliphatic rings. The van der Waals surface area contributed by atoms with E-state index in [0.717, 1.165) is 22.3 Å². The molecule has 2 atom stereocenters. The van der Waals surface area contributed by atoms with Crippen LogP contribution in [-0.4, -0.2) is 32.0 Å². The van der Waals surface area contributed by atoms with E-state index in [1.165, 1.54) is 0 Å². The molecule has 5 rings (SSSR count). The predicted octanol–water partition coefficient (Wildman–Crippen LogP) is 5.77. The third kappa shape index (κ3) is 4.20. The van der Waals surface area contributed by atoms with Crippen LogP contribution in [0.1, 0.15) is 29.2 Å². The minimum Gasteiger partial charge on any atom is -0.278 e. The molecule has 0 amide bonds. The second kappa shape index (κ2) is 9.42. The van der Waals surface area contributed by atoms with Gasteiger partial charge in [0.15, 0.2) is 0 Å². The number of likely N-dealkylation sites (tertiary alicyclic amines) is 1. The van der Waals surface area contributed by atoms with Gasteiger partial charge in [0.1, 0.15) is 6.10 Å². The lowest BCUT2D eigenvalue weighted by Gasteiger charge is -2.56. The van der Waals surface area contributed by atoms with E-state index in [-0.39, 0.29) is 10.9 Å². The quantitative estimate of drug-likeness (QED) is 0.247. The molecule has 35 heavy (non-hydrogen) atoms. The van der Waals surface area contributed by atoms with E-state index in [1.807, 2.05) is 32.0 Å². The molecule has 1 heterocycles. The molecule has 178 valence electrons.